The Morgan fingerprint density at radius 3 is 2.38 bits per heavy atom. The third-order valence-electron chi connectivity index (χ3n) is 9.25. The monoisotopic (exact) mass is 715 g/mol. The molecule has 1 aromatic heterocycles. The van der Waals surface area contributed by atoms with Crippen molar-refractivity contribution in [1.29, 1.82) is 0 Å². The summed E-state index contributed by atoms with van der Waals surface area (Å²) in [6.07, 6.45) is 2.65. The molecule has 1 saturated heterocycles. The van der Waals surface area contributed by atoms with E-state index in [0.717, 1.165) is 42.7 Å². The Hall–Kier alpha value is -3.88. The van der Waals surface area contributed by atoms with E-state index in [-0.39, 0.29) is 55.0 Å². The van der Waals surface area contributed by atoms with Gasteiger partial charge in [-0.1, -0.05) is 70.9 Å². The summed E-state index contributed by atoms with van der Waals surface area (Å²) in [6, 6.07) is 6.15. The Kier molecular flexibility index (Phi) is 15.8. The number of ether oxygens (including phenoxy) is 2. The number of aliphatic carboxylic acids is 1. The predicted molar refractivity (Wildman–Crippen MR) is 189 cm³/mol. The smallest absolute Gasteiger partial charge is 0.326 e. The van der Waals surface area contributed by atoms with Gasteiger partial charge in [-0.15, -0.1) is 11.3 Å². The zero-order valence-corrected chi connectivity index (χ0v) is 31.0. The molecule has 1 aliphatic rings. The third-order valence-corrected chi connectivity index (χ3v) is 10.2. The second-order valence-electron chi connectivity index (χ2n) is 13.4. The Labute approximate surface area is 299 Å². The van der Waals surface area contributed by atoms with E-state index in [1.54, 1.807) is 29.2 Å². The Bertz CT molecular complexity index is 1440. The molecule has 276 valence electrons. The highest BCUT2D eigenvalue weighted by atomic mass is 32.1. The van der Waals surface area contributed by atoms with Crippen molar-refractivity contribution >= 4 is 41.0 Å². The van der Waals surface area contributed by atoms with Gasteiger partial charge in [-0.25, -0.2) is 9.78 Å². The van der Waals surface area contributed by atoms with Crippen LogP contribution in [0, 0.1) is 11.8 Å². The van der Waals surface area contributed by atoms with E-state index in [1.165, 1.54) is 19.4 Å². The molecular formula is C36H53N5O8S. The molecule has 3 amide bonds. The van der Waals surface area contributed by atoms with Gasteiger partial charge >= 0.3 is 11.9 Å². The van der Waals surface area contributed by atoms with Crippen LogP contribution in [0.5, 0.6) is 0 Å². The van der Waals surface area contributed by atoms with Gasteiger partial charge in [0.1, 0.15) is 29.5 Å². The van der Waals surface area contributed by atoms with Crippen LogP contribution < -0.4 is 10.6 Å². The first-order valence-corrected chi connectivity index (χ1v) is 18.1. The van der Waals surface area contributed by atoms with Gasteiger partial charge in [0.15, 0.2) is 6.10 Å². The zero-order valence-electron chi connectivity index (χ0n) is 30.2. The first kappa shape index (κ1) is 40.5. The molecule has 2 aromatic rings. The van der Waals surface area contributed by atoms with Crippen LogP contribution in [-0.4, -0.2) is 101 Å². The SMILES string of the molecule is CC[C@H](C)[C@H](NC(=O)[C@H]1CCCCN1C)C(=O)N(COC)[C@H](C[C@@H](OC(C)=O)c1nc(C(=O)N[C@@H](Cc2ccccc2)C(=O)O)cs1)C(C)C. The van der Waals surface area contributed by atoms with Gasteiger partial charge in [0.2, 0.25) is 11.8 Å². The topological polar surface area (TPSA) is 167 Å². The van der Waals surface area contributed by atoms with Crippen molar-refractivity contribution in [2.24, 2.45) is 11.8 Å². The molecule has 0 spiro atoms. The number of likely N-dealkylation sites (tertiary alicyclic amines) is 1. The highest BCUT2D eigenvalue weighted by Crippen LogP contribution is 2.31. The lowest BCUT2D eigenvalue weighted by Gasteiger charge is -2.39. The molecule has 3 rings (SSSR count). The van der Waals surface area contributed by atoms with E-state index in [0.29, 0.717) is 11.4 Å². The van der Waals surface area contributed by atoms with E-state index < -0.39 is 42.1 Å². The average molecular weight is 716 g/mol. The number of carboxylic acid groups (broad SMARTS) is 1. The highest BCUT2D eigenvalue weighted by Gasteiger charge is 2.39. The normalized spacial score (nSPS) is 18.0. The molecule has 1 aromatic carbocycles. The molecule has 14 heteroatoms. The van der Waals surface area contributed by atoms with Crippen LogP contribution in [-0.2, 0) is 35.1 Å². The molecule has 3 N–H and O–H groups in total. The van der Waals surface area contributed by atoms with Crippen molar-refractivity contribution in [3.8, 4) is 0 Å². The lowest BCUT2D eigenvalue weighted by Crippen LogP contribution is -2.59. The minimum atomic E-state index is -1.18. The number of likely N-dealkylation sites (N-methyl/N-ethyl adjacent to an activating group) is 1. The van der Waals surface area contributed by atoms with Gasteiger partial charge in [0.05, 0.1) is 6.04 Å². The molecule has 1 aliphatic heterocycles. The molecule has 0 saturated carbocycles. The molecular weight excluding hydrogens is 662 g/mol. The van der Waals surface area contributed by atoms with Crippen LogP contribution in [0.25, 0.3) is 0 Å². The van der Waals surface area contributed by atoms with Crippen LogP contribution >= 0.6 is 11.3 Å². The zero-order chi connectivity index (χ0) is 37.0. The summed E-state index contributed by atoms with van der Waals surface area (Å²) in [7, 11) is 3.41. The van der Waals surface area contributed by atoms with E-state index in [9.17, 15) is 29.1 Å². The molecule has 2 heterocycles. The minimum Gasteiger partial charge on any atom is -0.480 e. The number of benzene rings is 1. The number of carboxylic acids is 1. The van der Waals surface area contributed by atoms with E-state index >= 15 is 0 Å². The van der Waals surface area contributed by atoms with Gasteiger partial charge < -0.3 is 30.1 Å². The molecule has 50 heavy (non-hydrogen) atoms. The summed E-state index contributed by atoms with van der Waals surface area (Å²) in [5.74, 6) is -3.22. The largest absolute Gasteiger partial charge is 0.480 e. The second-order valence-corrected chi connectivity index (χ2v) is 14.2. The van der Waals surface area contributed by atoms with Gasteiger partial charge in [-0.2, -0.15) is 0 Å². The molecule has 0 unspecified atom stereocenters. The fourth-order valence-electron chi connectivity index (χ4n) is 6.18. The first-order chi connectivity index (χ1) is 23.8. The summed E-state index contributed by atoms with van der Waals surface area (Å²) in [6.45, 7) is 9.81. The maximum atomic E-state index is 14.4. The van der Waals surface area contributed by atoms with Gasteiger partial charge in [0, 0.05) is 38.3 Å². The van der Waals surface area contributed by atoms with Crippen LogP contribution in [0.4, 0.5) is 0 Å². The number of hydrogen-bond acceptors (Lipinski definition) is 10. The number of carbonyl (C=O) groups is 5. The quantitative estimate of drug-likeness (QED) is 0.151. The summed E-state index contributed by atoms with van der Waals surface area (Å²) < 4.78 is 11.3. The maximum absolute atomic E-state index is 14.4. The number of hydrogen-bond donors (Lipinski definition) is 3. The minimum absolute atomic E-state index is 0.0142. The number of piperidine rings is 1. The fourth-order valence-corrected chi connectivity index (χ4v) is 7.02. The summed E-state index contributed by atoms with van der Waals surface area (Å²) in [5.41, 5.74) is 0.736. The lowest BCUT2D eigenvalue weighted by molar-refractivity contribution is -0.152. The van der Waals surface area contributed by atoms with E-state index in [1.807, 2.05) is 45.7 Å². The number of nitrogens with one attached hydrogen (secondary N) is 2. The molecule has 13 nitrogen and oxygen atoms in total. The maximum Gasteiger partial charge on any atom is 0.326 e. The fraction of sp³-hybridized carbons (Fsp3) is 0.611. The number of rotatable bonds is 18. The Balaban J connectivity index is 1.86. The van der Waals surface area contributed by atoms with Gasteiger partial charge in [-0.05, 0) is 43.8 Å². The Morgan fingerprint density at radius 1 is 1.10 bits per heavy atom. The summed E-state index contributed by atoms with van der Waals surface area (Å²) in [5, 5.41) is 17.2. The average Bonchev–Trinajstić information content (AvgIpc) is 3.58. The summed E-state index contributed by atoms with van der Waals surface area (Å²) in [4.78, 5) is 73.4. The number of aromatic nitrogens is 1. The first-order valence-electron chi connectivity index (χ1n) is 17.3. The van der Waals surface area contributed by atoms with Crippen molar-refractivity contribution in [2.45, 2.75) is 103 Å². The van der Waals surface area contributed by atoms with Gasteiger partial charge in [0.25, 0.3) is 5.91 Å². The lowest BCUT2D eigenvalue weighted by atomic mass is 9.92. The van der Waals surface area contributed by atoms with Crippen LogP contribution in [0.15, 0.2) is 35.7 Å². The number of methoxy groups -OCH3 is 1. The molecule has 0 bridgehead atoms. The van der Waals surface area contributed by atoms with Crippen LogP contribution in [0.2, 0.25) is 0 Å². The highest BCUT2D eigenvalue weighted by molar-refractivity contribution is 7.09. The number of thiazole rings is 1. The number of amides is 3. The van der Waals surface area contributed by atoms with Crippen molar-refractivity contribution < 1.29 is 38.6 Å². The molecule has 1 fully saturated rings. The number of carbonyl (C=O) groups excluding carboxylic acids is 4. The van der Waals surface area contributed by atoms with E-state index in [2.05, 4.69) is 15.6 Å². The van der Waals surface area contributed by atoms with Crippen molar-refractivity contribution in [3.05, 3.63) is 52.0 Å². The number of nitrogens with zero attached hydrogens (tertiary/aromatic N) is 3. The third kappa shape index (κ3) is 11.3. The van der Waals surface area contributed by atoms with Crippen molar-refractivity contribution in [3.63, 3.8) is 0 Å². The molecule has 0 radical (unpaired) electrons. The van der Waals surface area contributed by atoms with Crippen molar-refractivity contribution in [1.82, 2.24) is 25.4 Å². The van der Waals surface area contributed by atoms with E-state index in [4.69, 9.17) is 9.47 Å². The molecule has 6 atom stereocenters. The molecule has 0 aliphatic carbocycles. The summed E-state index contributed by atoms with van der Waals surface area (Å²) >= 11 is 1.10. The van der Waals surface area contributed by atoms with Crippen LogP contribution in [0.3, 0.4) is 0 Å². The predicted octanol–water partition coefficient (Wildman–Crippen LogP) is 4.04. The second kappa shape index (κ2) is 19.5. The van der Waals surface area contributed by atoms with Crippen molar-refractivity contribution in [2.75, 3.05) is 27.4 Å². The Morgan fingerprint density at radius 2 is 1.80 bits per heavy atom. The van der Waals surface area contributed by atoms with Crippen LogP contribution in [0.1, 0.15) is 93.9 Å². The number of esters is 1. The van der Waals surface area contributed by atoms with Gasteiger partial charge in [-0.3, -0.25) is 24.1 Å². The standard InChI is InChI=1S/C36H53N5O8S/c1-8-23(4)31(39-33(44)28-16-12-13-17-40(28)6)35(45)41(21-48-7)29(22(2)3)19-30(49-24(5)42)34-38-27(20-50-34)32(43)37-26(36(46)47)18-25-14-10-9-11-15-25/h9-11,14-15,20,22-23,26,28-31H,8,12-13,16-19,21H2,1-7H3,(H,37,43)(H,39,44)(H,46,47)/t23-,26-,28+,29+,30+,31-/m0/s1.